The van der Waals surface area contributed by atoms with E-state index in [0.717, 1.165) is 33.7 Å². The Hall–Kier alpha value is -2.87. The predicted molar refractivity (Wildman–Crippen MR) is 133 cm³/mol. The van der Waals surface area contributed by atoms with E-state index in [2.05, 4.69) is 5.32 Å². The highest BCUT2D eigenvalue weighted by atomic mass is 32.2. The molecule has 0 heterocycles. The number of sulfonamides is 1. The molecular formula is C25H35N3O4S. The fraction of sp³-hybridized carbons (Fsp3) is 0.440. The van der Waals surface area contributed by atoms with Crippen LogP contribution in [0.5, 0.6) is 0 Å². The molecule has 2 aromatic carbocycles. The van der Waals surface area contributed by atoms with Gasteiger partial charge in [0, 0.05) is 13.1 Å². The largest absolute Gasteiger partial charge is 0.354 e. The highest BCUT2D eigenvalue weighted by Gasteiger charge is 2.30. The monoisotopic (exact) mass is 473 g/mol. The van der Waals surface area contributed by atoms with Crippen molar-refractivity contribution in [2.45, 2.75) is 46.6 Å². The SMILES string of the molecule is CCCNC(=O)[C@@H](C)N(CCc1ccccc1)C(=O)CN(c1c(C)cccc1C)S(C)(=O)=O. The third-order valence-electron chi connectivity index (χ3n) is 5.57. The van der Waals surface area contributed by atoms with Crippen molar-refractivity contribution in [3.8, 4) is 0 Å². The van der Waals surface area contributed by atoms with Gasteiger partial charge in [0.15, 0.2) is 0 Å². The van der Waals surface area contributed by atoms with Gasteiger partial charge in [0.1, 0.15) is 12.6 Å². The number of anilines is 1. The Morgan fingerprint density at radius 2 is 1.61 bits per heavy atom. The number of benzene rings is 2. The quantitative estimate of drug-likeness (QED) is 0.543. The highest BCUT2D eigenvalue weighted by molar-refractivity contribution is 7.92. The van der Waals surface area contributed by atoms with Crippen molar-refractivity contribution >= 4 is 27.5 Å². The lowest BCUT2D eigenvalue weighted by molar-refractivity contribution is -0.138. The number of para-hydroxylation sites is 1. The van der Waals surface area contributed by atoms with Gasteiger partial charge in [-0.05, 0) is 50.3 Å². The summed E-state index contributed by atoms with van der Waals surface area (Å²) in [6.45, 7) is 7.72. The van der Waals surface area contributed by atoms with Gasteiger partial charge in [-0.25, -0.2) is 8.42 Å². The molecule has 7 nitrogen and oxygen atoms in total. The van der Waals surface area contributed by atoms with E-state index in [0.29, 0.717) is 25.2 Å². The molecule has 8 heteroatoms. The smallest absolute Gasteiger partial charge is 0.244 e. The van der Waals surface area contributed by atoms with E-state index in [-0.39, 0.29) is 12.5 Å². The molecular weight excluding hydrogens is 438 g/mol. The van der Waals surface area contributed by atoms with Crippen molar-refractivity contribution < 1.29 is 18.0 Å². The average Bonchev–Trinajstić information content (AvgIpc) is 2.76. The van der Waals surface area contributed by atoms with Crippen molar-refractivity contribution in [3.05, 3.63) is 65.2 Å². The summed E-state index contributed by atoms with van der Waals surface area (Å²) in [5, 5.41) is 2.83. The van der Waals surface area contributed by atoms with Crippen LogP contribution in [0, 0.1) is 13.8 Å². The molecule has 0 saturated heterocycles. The molecule has 0 fully saturated rings. The maximum atomic E-state index is 13.5. The lowest BCUT2D eigenvalue weighted by Gasteiger charge is -2.32. The molecule has 2 amide bonds. The van der Waals surface area contributed by atoms with E-state index in [9.17, 15) is 18.0 Å². The number of hydrogen-bond donors (Lipinski definition) is 1. The molecule has 0 aliphatic rings. The lowest BCUT2D eigenvalue weighted by atomic mass is 10.1. The van der Waals surface area contributed by atoms with E-state index in [1.807, 2.05) is 69.3 Å². The van der Waals surface area contributed by atoms with Gasteiger partial charge >= 0.3 is 0 Å². The van der Waals surface area contributed by atoms with Crippen molar-refractivity contribution in [2.24, 2.45) is 0 Å². The second-order valence-corrected chi connectivity index (χ2v) is 10.2. The Labute approximate surface area is 197 Å². The van der Waals surface area contributed by atoms with Crippen LogP contribution < -0.4 is 9.62 Å². The first-order valence-electron chi connectivity index (χ1n) is 11.2. The van der Waals surface area contributed by atoms with E-state index >= 15 is 0 Å². The van der Waals surface area contributed by atoms with E-state index < -0.39 is 22.0 Å². The summed E-state index contributed by atoms with van der Waals surface area (Å²) in [5.41, 5.74) is 3.06. The lowest BCUT2D eigenvalue weighted by Crippen LogP contribution is -2.52. The number of rotatable bonds is 11. The molecule has 0 aliphatic carbocycles. The molecule has 0 unspecified atom stereocenters. The molecule has 2 aromatic rings. The molecule has 0 aliphatic heterocycles. The molecule has 0 radical (unpaired) electrons. The molecule has 0 spiro atoms. The highest BCUT2D eigenvalue weighted by Crippen LogP contribution is 2.27. The van der Waals surface area contributed by atoms with Crippen LogP contribution in [0.1, 0.15) is 37.0 Å². The minimum Gasteiger partial charge on any atom is -0.354 e. The maximum Gasteiger partial charge on any atom is 0.244 e. The summed E-state index contributed by atoms with van der Waals surface area (Å²) in [5.74, 6) is -0.672. The van der Waals surface area contributed by atoms with Gasteiger partial charge in [-0.2, -0.15) is 0 Å². The summed E-state index contributed by atoms with van der Waals surface area (Å²) in [7, 11) is -3.73. The number of carbonyl (C=O) groups is 2. The van der Waals surface area contributed by atoms with E-state index in [1.165, 1.54) is 4.90 Å². The third kappa shape index (κ3) is 7.32. The van der Waals surface area contributed by atoms with Crippen LogP contribution >= 0.6 is 0 Å². The second-order valence-electron chi connectivity index (χ2n) is 8.30. The fourth-order valence-electron chi connectivity index (χ4n) is 3.74. The maximum absolute atomic E-state index is 13.5. The van der Waals surface area contributed by atoms with Gasteiger partial charge in [-0.3, -0.25) is 13.9 Å². The van der Waals surface area contributed by atoms with Crippen molar-refractivity contribution in [2.75, 3.05) is 30.2 Å². The molecule has 2 rings (SSSR count). The number of hydrogen-bond acceptors (Lipinski definition) is 4. The van der Waals surface area contributed by atoms with Gasteiger partial charge in [-0.1, -0.05) is 55.5 Å². The van der Waals surface area contributed by atoms with Crippen LogP contribution in [-0.2, 0) is 26.0 Å². The van der Waals surface area contributed by atoms with Gasteiger partial charge in [0.25, 0.3) is 0 Å². The van der Waals surface area contributed by atoms with Crippen molar-refractivity contribution in [1.82, 2.24) is 10.2 Å². The van der Waals surface area contributed by atoms with Crippen LogP contribution in [-0.4, -0.2) is 57.1 Å². The van der Waals surface area contributed by atoms with Crippen LogP contribution in [0.3, 0.4) is 0 Å². The Kier molecular flexibility index (Phi) is 9.46. The number of amides is 2. The number of nitrogens with one attached hydrogen (secondary N) is 1. The molecule has 1 atom stereocenters. The van der Waals surface area contributed by atoms with Crippen molar-refractivity contribution in [3.63, 3.8) is 0 Å². The number of nitrogens with zero attached hydrogens (tertiary/aromatic N) is 2. The molecule has 0 saturated carbocycles. The molecule has 33 heavy (non-hydrogen) atoms. The normalized spacial score (nSPS) is 12.2. The van der Waals surface area contributed by atoms with Gasteiger partial charge in [0.2, 0.25) is 21.8 Å². The predicted octanol–water partition coefficient (Wildman–Crippen LogP) is 3.06. The van der Waals surface area contributed by atoms with Crippen molar-refractivity contribution in [1.29, 1.82) is 0 Å². The molecule has 180 valence electrons. The van der Waals surface area contributed by atoms with Crippen LogP contribution in [0.25, 0.3) is 0 Å². The fourth-order valence-corrected chi connectivity index (χ4v) is 4.71. The summed E-state index contributed by atoms with van der Waals surface area (Å²) in [6.07, 6.45) is 2.43. The first kappa shape index (κ1) is 26.4. The minimum absolute atomic E-state index is 0.253. The van der Waals surface area contributed by atoms with Gasteiger partial charge < -0.3 is 10.2 Å². The average molecular weight is 474 g/mol. The zero-order chi connectivity index (χ0) is 24.6. The molecule has 1 N–H and O–H groups in total. The summed E-state index contributed by atoms with van der Waals surface area (Å²) < 4.78 is 26.5. The zero-order valence-corrected chi connectivity index (χ0v) is 21.0. The summed E-state index contributed by atoms with van der Waals surface area (Å²) in [4.78, 5) is 27.6. The van der Waals surface area contributed by atoms with E-state index in [4.69, 9.17) is 0 Å². The zero-order valence-electron chi connectivity index (χ0n) is 20.2. The number of carbonyl (C=O) groups excluding carboxylic acids is 2. The molecule has 0 bridgehead atoms. The van der Waals surface area contributed by atoms with Crippen LogP contribution in [0.4, 0.5) is 5.69 Å². The van der Waals surface area contributed by atoms with Crippen LogP contribution in [0.2, 0.25) is 0 Å². The van der Waals surface area contributed by atoms with E-state index in [1.54, 1.807) is 6.92 Å². The standard InChI is InChI=1S/C25H35N3O4S/c1-6-16-26-25(30)21(4)27(17-15-22-13-8-7-9-14-22)23(29)18-28(33(5,31)32)24-19(2)11-10-12-20(24)3/h7-14,21H,6,15-18H2,1-5H3,(H,26,30)/t21-/m1/s1. The third-order valence-corrected chi connectivity index (χ3v) is 6.68. The summed E-state index contributed by atoms with van der Waals surface area (Å²) >= 11 is 0. The summed E-state index contributed by atoms with van der Waals surface area (Å²) in [6, 6.07) is 14.4. The second kappa shape index (κ2) is 11.8. The Morgan fingerprint density at radius 1 is 1.00 bits per heavy atom. The Morgan fingerprint density at radius 3 is 2.15 bits per heavy atom. The topological polar surface area (TPSA) is 86.8 Å². The molecule has 0 aromatic heterocycles. The van der Waals surface area contributed by atoms with Gasteiger partial charge in [0.05, 0.1) is 11.9 Å². The Balaban J connectivity index is 2.35. The number of aryl methyl sites for hydroxylation is 2. The van der Waals surface area contributed by atoms with Crippen LogP contribution in [0.15, 0.2) is 48.5 Å². The van der Waals surface area contributed by atoms with Gasteiger partial charge in [-0.15, -0.1) is 0 Å². The minimum atomic E-state index is -3.73. The first-order chi connectivity index (χ1) is 15.6. The Bertz CT molecular complexity index is 1030. The first-order valence-corrected chi connectivity index (χ1v) is 13.1.